The Labute approximate surface area is 140 Å². The van der Waals surface area contributed by atoms with Gasteiger partial charge in [0.15, 0.2) is 0 Å². The molecule has 1 unspecified atom stereocenters. The van der Waals surface area contributed by atoms with Crippen molar-refractivity contribution in [2.45, 2.75) is 32.4 Å². The normalized spacial score (nSPS) is 13.4. The Balaban J connectivity index is 1.97. The van der Waals surface area contributed by atoms with Crippen molar-refractivity contribution in [2.75, 3.05) is 6.54 Å². The van der Waals surface area contributed by atoms with Crippen LogP contribution in [-0.2, 0) is 5.60 Å². The Morgan fingerprint density at radius 3 is 2.21 bits per heavy atom. The van der Waals surface area contributed by atoms with Crippen LogP contribution in [0.5, 0.6) is 0 Å². The summed E-state index contributed by atoms with van der Waals surface area (Å²) in [5.41, 5.74) is -0.398. The van der Waals surface area contributed by atoms with Gasteiger partial charge >= 0.3 is 0 Å². The van der Waals surface area contributed by atoms with E-state index in [9.17, 15) is 14.7 Å². The highest BCUT2D eigenvalue weighted by Crippen LogP contribution is 2.19. The number of hydrogen-bond donors (Lipinski definition) is 3. The minimum Gasteiger partial charge on any atom is -0.466 e. The van der Waals surface area contributed by atoms with Crippen molar-refractivity contribution in [1.82, 2.24) is 10.6 Å². The second-order valence-electron chi connectivity index (χ2n) is 6.14. The van der Waals surface area contributed by atoms with E-state index in [2.05, 4.69) is 10.6 Å². The van der Waals surface area contributed by atoms with Crippen molar-refractivity contribution in [2.24, 2.45) is 0 Å². The molecule has 1 atom stereocenters. The molecule has 1 aromatic carbocycles. The predicted octanol–water partition coefficient (Wildman–Crippen LogP) is 2.06. The second kappa shape index (κ2) is 7.31. The molecule has 2 aromatic rings. The smallest absolute Gasteiger partial charge is 0.251 e. The fraction of sp³-hybridized carbons (Fsp3) is 0.333. The molecule has 0 bridgehead atoms. The lowest BCUT2D eigenvalue weighted by Crippen LogP contribution is -2.38. The first kappa shape index (κ1) is 17.7. The molecule has 0 aliphatic heterocycles. The second-order valence-corrected chi connectivity index (χ2v) is 6.14. The van der Waals surface area contributed by atoms with E-state index in [4.69, 9.17) is 4.42 Å². The molecule has 3 N–H and O–H groups in total. The molecule has 0 spiro atoms. The number of nitrogens with one attached hydrogen (secondary N) is 2. The van der Waals surface area contributed by atoms with Gasteiger partial charge in [0.25, 0.3) is 11.8 Å². The van der Waals surface area contributed by atoms with Gasteiger partial charge in [0.2, 0.25) is 0 Å². The van der Waals surface area contributed by atoms with Crippen LogP contribution in [0.4, 0.5) is 0 Å². The van der Waals surface area contributed by atoms with Crippen LogP contribution in [0, 0.1) is 0 Å². The first-order valence-electron chi connectivity index (χ1n) is 7.75. The summed E-state index contributed by atoms with van der Waals surface area (Å²) in [5, 5.41) is 15.8. The molecule has 1 heterocycles. The average molecular weight is 330 g/mol. The molecular weight excluding hydrogens is 308 g/mol. The lowest BCUT2D eigenvalue weighted by molar-refractivity contribution is 0.0330. The lowest BCUT2D eigenvalue weighted by Gasteiger charge is -2.21. The summed E-state index contributed by atoms with van der Waals surface area (Å²) >= 11 is 0. The molecule has 2 rings (SSSR count). The average Bonchev–Trinajstić information content (AvgIpc) is 3.07. The first-order chi connectivity index (χ1) is 11.3. The van der Waals surface area contributed by atoms with E-state index in [1.165, 1.54) is 6.26 Å². The highest BCUT2D eigenvalue weighted by Gasteiger charge is 2.27. The third kappa shape index (κ3) is 4.45. The fourth-order valence-corrected chi connectivity index (χ4v) is 2.15. The van der Waals surface area contributed by atoms with Crippen molar-refractivity contribution >= 4 is 11.8 Å². The number of amides is 2. The van der Waals surface area contributed by atoms with Gasteiger partial charge in [-0.15, -0.1) is 0 Å². The lowest BCUT2D eigenvalue weighted by atomic mass is 10.0. The van der Waals surface area contributed by atoms with Crippen molar-refractivity contribution in [3.8, 4) is 0 Å². The standard InChI is InChI=1S/C18H22N2O4/c1-12(2)20-17(22)14-8-6-13(7-9-14)16(21)19-11-18(3,23)15-5-4-10-24-15/h4-10,12,23H,11H2,1-3H3,(H,19,21)(H,20,22). The quantitative estimate of drug-likeness (QED) is 0.756. The summed E-state index contributed by atoms with van der Waals surface area (Å²) in [6, 6.07) is 9.71. The maximum atomic E-state index is 12.2. The SMILES string of the molecule is CC(C)NC(=O)c1ccc(C(=O)NCC(C)(O)c2ccco2)cc1. The summed E-state index contributed by atoms with van der Waals surface area (Å²) in [6.07, 6.45) is 1.46. The molecule has 0 saturated carbocycles. The molecule has 1 aromatic heterocycles. The van der Waals surface area contributed by atoms with Gasteiger partial charge in [-0.25, -0.2) is 0 Å². The van der Waals surface area contributed by atoms with E-state index in [0.29, 0.717) is 16.9 Å². The predicted molar refractivity (Wildman–Crippen MR) is 89.7 cm³/mol. The monoisotopic (exact) mass is 330 g/mol. The van der Waals surface area contributed by atoms with Crippen LogP contribution in [0.1, 0.15) is 47.2 Å². The summed E-state index contributed by atoms with van der Waals surface area (Å²) in [4.78, 5) is 24.0. The molecule has 0 fully saturated rings. The maximum absolute atomic E-state index is 12.2. The van der Waals surface area contributed by atoms with Gasteiger partial charge in [-0.1, -0.05) is 0 Å². The van der Waals surface area contributed by atoms with Crippen molar-refractivity contribution in [3.63, 3.8) is 0 Å². The highest BCUT2D eigenvalue weighted by atomic mass is 16.4. The number of benzene rings is 1. The van der Waals surface area contributed by atoms with Crippen LogP contribution in [-0.4, -0.2) is 29.5 Å². The van der Waals surface area contributed by atoms with E-state index in [-0.39, 0.29) is 24.4 Å². The number of carbonyl (C=O) groups is 2. The summed E-state index contributed by atoms with van der Waals surface area (Å²) < 4.78 is 5.16. The molecule has 0 aliphatic carbocycles. The van der Waals surface area contributed by atoms with Crippen LogP contribution in [0.25, 0.3) is 0 Å². The molecule has 128 valence electrons. The van der Waals surface area contributed by atoms with Gasteiger partial charge in [-0.3, -0.25) is 9.59 Å². The zero-order chi connectivity index (χ0) is 17.7. The highest BCUT2D eigenvalue weighted by molar-refractivity contribution is 5.97. The Bertz CT molecular complexity index is 688. The number of furan rings is 1. The number of carbonyl (C=O) groups excluding carboxylic acids is 2. The van der Waals surface area contributed by atoms with Gasteiger partial charge in [0.1, 0.15) is 11.4 Å². The Hall–Kier alpha value is -2.60. The fourth-order valence-electron chi connectivity index (χ4n) is 2.15. The minimum atomic E-state index is -1.30. The molecule has 0 aliphatic rings. The molecule has 0 saturated heterocycles. The van der Waals surface area contributed by atoms with Gasteiger partial charge in [0, 0.05) is 17.2 Å². The number of rotatable bonds is 6. The van der Waals surface area contributed by atoms with E-state index in [0.717, 1.165) is 0 Å². The molecule has 6 nitrogen and oxygen atoms in total. The van der Waals surface area contributed by atoms with Crippen LogP contribution >= 0.6 is 0 Å². The molecular formula is C18H22N2O4. The van der Waals surface area contributed by atoms with E-state index >= 15 is 0 Å². The largest absolute Gasteiger partial charge is 0.466 e. The van der Waals surface area contributed by atoms with Crippen LogP contribution < -0.4 is 10.6 Å². The molecule has 0 radical (unpaired) electrons. The van der Waals surface area contributed by atoms with Crippen LogP contribution in [0.3, 0.4) is 0 Å². The van der Waals surface area contributed by atoms with Crippen LogP contribution in [0.2, 0.25) is 0 Å². The Morgan fingerprint density at radius 1 is 1.12 bits per heavy atom. The van der Waals surface area contributed by atoms with Crippen molar-refractivity contribution in [1.29, 1.82) is 0 Å². The van der Waals surface area contributed by atoms with Gasteiger partial charge in [-0.05, 0) is 57.2 Å². The molecule has 24 heavy (non-hydrogen) atoms. The number of hydrogen-bond acceptors (Lipinski definition) is 4. The third-order valence-corrected chi connectivity index (χ3v) is 3.47. The van der Waals surface area contributed by atoms with E-state index in [1.54, 1.807) is 43.3 Å². The maximum Gasteiger partial charge on any atom is 0.251 e. The zero-order valence-corrected chi connectivity index (χ0v) is 14.0. The van der Waals surface area contributed by atoms with E-state index in [1.807, 2.05) is 13.8 Å². The summed E-state index contributed by atoms with van der Waals surface area (Å²) in [5.74, 6) is -0.140. The van der Waals surface area contributed by atoms with Gasteiger partial charge < -0.3 is 20.2 Å². The molecule has 6 heteroatoms. The third-order valence-electron chi connectivity index (χ3n) is 3.47. The Morgan fingerprint density at radius 2 is 1.71 bits per heavy atom. The van der Waals surface area contributed by atoms with Gasteiger partial charge in [-0.2, -0.15) is 0 Å². The van der Waals surface area contributed by atoms with E-state index < -0.39 is 5.60 Å². The first-order valence-corrected chi connectivity index (χ1v) is 7.75. The summed E-state index contributed by atoms with van der Waals surface area (Å²) in [7, 11) is 0. The van der Waals surface area contributed by atoms with Crippen LogP contribution in [0.15, 0.2) is 47.1 Å². The van der Waals surface area contributed by atoms with Crippen molar-refractivity contribution < 1.29 is 19.1 Å². The van der Waals surface area contributed by atoms with Gasteiger partial charge in [0.05, 0.1) is 12.8 Å². The zero-order valence-electron chi connectivity index (χ0n) is 14.0. The topological polar surface area (TPSA) is 91.6 Å². The number of aliphatic hydroxyl groups is 1. The minimum absolute atomic E-state index is 0.00886. The van der Waals surface area contributed by atoms with Crippen molar-refractivity contribution in [3.05, 3.63) is 59.5 Å². The summed E-state index contributed by atoms with van der Waals surface area (Å²) in [6.45, 7) is 5.33. The Kier molecular flexibility index (Phi) is 5.41. The molecule has 2 amide bonds.